The molecule has 1 aliphatic heterocycles. The summed E-state index contributed by atoms with van der Waals surface area (Å²) in [6.07, 6.45) is 3.03. The quantitative estimate of drug-likeness (QED) is 0.571. The summed E-state index contributed by atoms with van der Waals surface area (Å²) < 4.78 is 33.0. The van der Waals surface area contributed by atoms with Crippen LogP contribution in [0.1, 0.15) is 12.0 Å². The minimum atomic E-state index is -3.15. The summed E-state index contributed by atoms with van der Waals surface area (Å²) in [5, 5.41) is 0. The molecule has 0 aromatic heterocycles. The first-order chi connectivity index (χ1) is 11.8. The number of rotatable bonds is 5. The molecule has 9 heteroatoms. The van der Waals surface area contributed by atoms with Crippen molar-refractivity contribution >= 4 is 27.7 Å². The standard InChI is InChI=1S/C16H20N2O6S/c1-23-13-5-3-11(14(9-13)24-2)4-6-15(19)17-18-16(20)12-7-8-25(21,22)10-12/h3-6,9,12H,7-8,10H2,1-2H3,(H,17,19)(H,18,20)/b6-4+/t12-/m1/s1. The first-order valence-electron chi connectivity index (χ1n) is 7.55. The Morgan fingerprint density at radius 3 is 2.56 bits per heavy atom. The smallest absolute Gasteiger partial charge is 0.262 e. The maximum atomic E-state index is 11.8. The van der Waals surface area contributed by atoms with Crippen LogP contribution in [0.25, 0.3) is 6.08 Å². The van der Waals surface area contributed by atoms with E-state index in [1.165, 1.54) is 26.4 Å². The Hall–Kier alpha value is -2.55. The fraction of sp³-hybridized carbons (Fsp3) is 0.375. The second kappa shape index (κ2) is 8.02. The number of amides is 2. The molecule has 1 heterocycles. The van der Waals surface area contributed by atoms with E-state index in [0.29, 0.717) is 17.1 Å². The molecular weight excluding hydrogens is 348 g/mol. The second-order valence-electron chi connectivity index (χ2n) is 5.52. The molecule has 136 valence electrons. The summed E-state index contributed by atoms with van der Waals surface area (Å²) in [7, 11) is -0.111. The highest BCUT2D eigenvalue weighted by atomic mass is 32.2. The number of methoxy groups -OCH3 is 2. The lowest BCUT2D eigenvalue weighted by Crippen LogP contribution is -2.44. The minimum absolute atomic E-state index is 0.00377. The van der Waals surface area contributed by atoms with E-state index in [4.69, 9.17) is 9.47 Å². The van der Waals surface area contributed by atoms with Crippen LogP contribution in [-0.2, 0) is 19.4 Å². The lowest BCUT2D eigenvalue weighted by molar-refractivity contribution is -0.129. The zero-order chi connectivity index (χ0) is 18.4. The van der Waals surface area contributed by atoms with Gasteiger partial charge in [-0.25, -0.2) is 8.42 Å². The summed E-state index contributed by atoms with van der Waals surface area (Å²) in [5.74, 6) is -0.724. The average molecular weight is 368 g/mol. The van der Waals surface area contributed by atoms with Gasteiger partial charge in [0.1, 0.15) is 11.5 Å². The Bertz CT molecular complexity index is 788. The molecule has 0 bridgehead atoms. The molecule has 1 atom stereocenters. The van der Waals surface area contributed by atoms with Crippen LogP contribution in [0, 0.1) is 5.92 Å². The zero-order valence-electron chi connectivity index (χ0n) is 13.9. The Kier molecular flexibility index (Phi) is 6.02. The molecule has 0 aliphatic carbocycles. The van der Waals surface area contributed by atoms with Crippen molar-refractivity contribution in [2.45, 2.75) is 6.42 Å². The van der Waals surface area contributed by atoms with Crippen molar-refractivity contribution in [3.05, 3.63) is 29.8 Å². The number of benzene rings is 1. The van der Waals surface area contributed by atoms with Gasteiger partial charge in [0.15, 0.2) is 9.84 Å². The third kappa shape index (κ3) is 5.21. The fourth-order valence-corrected chi connectivity index (χ4v) is 4.13. The van der Waals surface area contributed by atoms with Crippen LogP contribution < -0.4 is 20.3 Å². The van der Waals surface area contributed by atoms with Gasteiger partial charge < -0.3 is 9.47 Å². The maximum absolute atomic E-state index is 11.8. The number of hydrazine groups is 1. The number of carbonyl (C=O) groups excluding carboxylic acids is 2. The zero-order valence-corrected chi connectivity index (χ0v) is 14.8. The van der Waals surface area contributed by atoms with Gasteiger partial charge in [0.25, 0.3) is 5.91 Å². The van der Waals surface area contributed by atoms with Crippen molar-refractivity contribution in [1.82, 2.24) is 10.9 Å². The summed E-state index contributed by atoms with van der Waals surface area (Å²) in [6.45, 7) is 0. The molecule has 1 fully saturated rings. The molecule has 1 aromatic carbocycles. The van der Waals surface area contributed by atoms with E-state index < -0.39 is 27.6 Å². The summed E-state index contributed by atoms with van der Waals surface area (Å²) in [6, 6.07) is 5.13. The number of carbonyl (C=O) groups is 2. The Morgan fingerprint density at radius 1 is 1.20 bits per heavy atom. The molecule has 2 N–H and O–H groups in total. The van der Waals surface area contributed by atoms with Gasteiger partial charge in [-0.05, 0) is 24.6 Å². The normalized spacial score (nSPS) is 18.7. The maximum Gasteiger partial charge on any atom is 0.262 e. The number of ether oxygens (including phenoxy) is 2. The number of hydrogen-bond acceptors (Lipinski definition) is 6. The number of hydrogen-bond donors (Lipinski definition) is 2. The highest BCUT2D eigenvalue weighted by Gasteiger charge is 2.32. The van der Waals surface area contributed by atoms with E-state index in [1.54, 1.807) is 18.2 Å². The average Bonchev–Trinajstić information content (AvgIpc) is 2.97. The third-order valence-electron chi connectivity index (χ3n) is 3.77. The van der Waals surface area contributed by atoms with Crippen LogP contribution >= 0.6 is 0 Å². The highest BCUT2D eigenvalue weighted by molar-refractivity contribution is 7.91. The fourth-order valence-electron chi connectivity index (χ4n) is 2.39. The third-order valence-corrected chi connectivity index (χ3v) is 5.53. The van der Waals surface area contributed by atoms with Gasteiger partial charge in [-0.15, -0.1) is 0 Å². The van der Waals surface area contributed by atoms with Crippen LogP contribution in [0.4, 0.5) is 0 Å². The van der Waals surface area contributed by atoms with E-state index in [-0.39, 0.29) is 17.9 Å². The molecule has 1 saturated heterocycles. The van der Waals surface area contributed by atoms with Crippen LogP contribution in [0.3, 0.4) is 0 Å². The van der Waals surface area contributed by atoms with Gasteiger partial charge in [-0.2, -0.15) is 0 Å². The molecule has 0 unspecified atom stereocenters. The summed E-state index contributed by atoms with van der Waals surface area (Å²) in [4.78, 5) is 23.6. The van der Waals surface area contributed by atoms with Crippen molar-refractivity contribution < 1.29 is 27.5 Å². The molecule has 2 rings (SSSR count). The van der Waals surface area contributed by atoms with Gasteiger partial charge in [0, 0.05) is 17.7 Å². The molecule has 0 saturated carbocycles. The largest absolute Gasteiger partial charge is 0.497 e. The first-order valence-corrected chi connectivity index (χ1v) is 9.37. The topological polar surface area (TPSA) is 111 Å². The van der Waals surface area contributed by atoms with Crippen molar-refractivity contribution in [2.24, 2.45) is 5.92 Å². The highest BCUT2D eigenvalue weighted by Crippen LogP contribution is 2.25. The Labute approximate surface area is 146 Å². The van der Waals surface area contributed by atoms with Gasteiger partial charge in [0.2, 0.25) is 5.91 Å². The molecule has 8 nitrogen and oxygen atoms in total. The monoisotopic (exact) mass is 368 g/mol. The number of sulfone groups is 1. The van der Waals surface area contributed by atoms with Crippen LogP contribution in [-0.4, -0.2) is 46.0 Å². The van der Waals surface area contributed by atoms with E-state index in [0.717, 1.165) is 0 Å². The predicted molar refractivity (Wildman–Crippen MR) is 91.6 cm³/mol. The Balaban J connectivity index is 1.90. The van der Waals surface area contributed by atoms with Crippen LogP contribution in [0.15, 0.2) is 24.3 Å². The van der Waals surface area contributed by atoms with E-state index in [2.05, 4.69) is 10.9 Å². The lowest BCUT2D eigenvalue weighted by Gasteiger charge is -2.09. The summed E-state index contributed by atoms with van der Waals surface area (Å²) >= 11 is 0. The molecule has 2 amide bonds. The van der Waals surface area contributed by atoms with E-state index in [1.807, 2.05) is 0 Å². The van der Waals surface area contributed by atoms with Crippen molar-refractivity contribution in [3.8, 4) is 11.5 Å². The van der Waals surface area contributed by atoms with Gasteiger partial charge >= 0.3 is 0 Å². The van der Waals surface area contributed by atoms with E-state index in [9.17, 15) is 18.0 Å². The van der Waals surface area contributed by atoms with Gasteiger partial charge in [-0.3, -0.25) is 20.4 Å². The first kappa shape index (κ1) is 18.8. The molecule has 0 spiro atoms. The molecule has 0 radical (unpaired) electrons. The van der Waals surface area contributed by atoms with Crippen molar-refractivity contribution in [2.75, 3.05) is 25.7 Å². The predicted octanol–water partition coefficient (Wildman–Crippen LogP) is 0.299. The lowest BCUT2D eigenvalue weighted by atomic mass is 10.1. The minimum Gasteiger partial charge on any atom is -0.497 e. The number of nitrogens with one attached hydrogen (secondary N) is 2. The van der Waals surface area contributed by atoms with Crippen molar-refractivity contribution in [3.63, 3.8) is 0 Å². The molecule has 1 aliphatic rings. The van der Waals surface area contributed by atoms with Gasteiger partial charge in [-0.1, -0.05) is 0 Å². The van der Waals surface area contributed by atoms with E-state index >= 15 is 0 Å². The SMILES string of the molecule is COc1ccc(/C=C/C(=O)NNC(=O)[C@@H]2CCS(=O)(=O)C2)c(OC)c1. The molecule has 1 aromatic rings. The van der Waals surface area contributed by atoms with Gasteiger partial charge in [0.05, 0.1) is 31.6 Å². The summed E-state index contributed by atoms with van der Waals surface area (Å²) in [5.41, 5.74) is 5.13. The van der Waals surface area contributed by atoms with Crippen LogP contribution in [0.2, 0.25) is 0 Å². The Morgan fingerprint density at radius 2 is 1.96 bits per heavy atom. The molecular formula is C16H20N2O6S. The van der Waals surface area contributed by atoms with Crippen LogP contribution in [0.5, 0.6) is 11.5 Å². The van der Waals surface area contributed by atoms with Crippen molar-refractivity contribution in [1.29, 1.82) is 0 Å². The molecule has 25 heavy (non-hydrogen) atoms. The second-order valence-corrected chi connectivity index (χ2v) is 7.75.